The van der Waals surface area contributed by atoms with Crippen molar-refractivity contribution >= 4 is 0 Å². The Kier molecular flexibility index (Phi) is 28.3. The van der Waals surface area contributed by atoms with Crippen LogP contribution in [0.2, 0.25) is 0 Å². The number of nitrogens with zero attached hydrogens (tertiary/aromatic N) is 4. The fourth-order valence-electron chi connectivity index (χ4n) is 8.62. The molecule has 4 radical (unpaired) electrons. The van der Waals surface area contributed by atoms with Crippen LogP contribution in [0.4, 0.5) is 0 Å². The molecule has 0 aliphatic heterocycles. The molecule has 0 aliphatic rings. The smallest absolute Gasteiger partial charge is 0.0163 e. The van der Waals surface area contributed by atoms with Gasteiger partial charge in [-0.25, -0.2) is 0 Å². The number of benzene rings is 7. The van der Waals surface area contributed by atoms with Crippen LogP contribution in [0.15, 0.2) is 237 Å². The molecule has 11 aromatic rings. The Balaban J connectivity index is 0.000000231. The molecule has 412 valence electrons. The molecule has 0 unspecified atom stereocenters. The Morgan fingerprint density at radius 3 is 1.18 bits per heavy atom. The second-order valence-electron chi connectivity index (χ2n) is 19.2. The van der Waals surface area contributed by atoms with E-state index in [0.29, 0.717) is 11.8 Å². The van der Waals surface area contributed by atoms with Crippen LogP contribution in [-0.4, -0.2) is 19.9 Å². The zero-order chi connectivity index (χ0) is 53.1. The summed E-state index contributed by atoms with van der Waals surface area (Å²) in [4.78, 5) is 17.5. The van der Waals surface area contributed by atoms with Gasteiger partial charge in [0.05, 0.1) is 0 Å². The van der Waals surface area contributed by atoms with Crippen LogP contribution in [0, 0.1) is 38.1 Å². The zero-order valence-electron chi connectivity index (χ0n) is 46.0. The van der Waals surface area contributed by atoms with Crippen molar-refractivity contribution in [3.63, 3.8) is 0 Å². The average Bonchev–Trinajstić information content (AvgIpc) is 3.49. The number of pyridine rings is 4. The SMILES string of the molecule is CC(C)c1cc(-c2cc[c-]c(-c3ccccn3)c2)cc(C(C)C)c1.CCc1ccnc(-c2[c-]ccc(-c3ccccc3)c2)c1.Cc1cc(C)cc(-c2cc[c-]c(-c3ccccn3)c2)c1.[Ir].[Ir].[Ir].[Ir].[c-]1ccccc1-c1ccccn1. The average molecular weight is 1750 g/mol. The summed E-state index contributed by atoms with van der Waals surface area (Å²) in [5.41, 5.74) is 22.0. The Morgan fingerprint density at radius 2 is 0.738 bits per heavy atom. The molecule has 4 heterocycles. The van der Waals surface area contributed by atoms with Crippen LogP contribution in [-0.2, 0) is 86.8 Å². The fraction of sp³-hybridized carbons (Fsp3) is 0.139. The molecule has 8 heteroatoms. The van der Waals surface area contributed by atoms with Crippen molar-refractivity contribution in [1.29, 1.82) is 0 Å². The Morgan fingerprint density at radius 1 is 0.325 bits per heavy atom. The maximum atomic E-state index is 4.46. The predicted octanol–water partition coefficient (Wildman–Crippen LogP) is 18.6. The van der Waals surface area contributed by atoms with Crippen LogP contribution in [0.25, 0.3) is 78.4 Å². The zero-order valence-corrected chi connectivity index (χ0v) is 55.6. The first-order chi connectivity index (χ1) is 37.1. The summed E-state index contributed by atoms with van der Waals surface area (Å²) in [5.74, 6) is 1.04. The second kappa shape index (κ2) is 34.1. The van der Waals surface area contributed by atoms with Gasteiger partial charge in [-0.2, -0.15) is 0 Å². The molecule has 0 saturated carbocycles. The third-order valence-electron chi connectivity index (χ3n) is 12.8. The summed E-state index contributed by atoms with van der Waals surface area (Å²) in [6.07, 6.45) is 8.32. The van der Waals surface area contributed by atoms with Crippen molar-refractivity contribution in [1.82, 2.24) is 19.9 Å². The van der Waals surface area contributed by atoms with Crippen molar-refractivity contribution < 1.29 is 80.4 Å². The van der Waals surface area contributed by atoms with E-state index in [9.17, 15) is 0 Å². The molecule has 0 atom stereocenters. The van der Waals surface area contributed by atoms with Gasteiger partial charge in [0.1, 0.15) is 0 Å². The van der Waals surface area contributed by atoms with Crippen LogP contribution in [0.5, 0.6) is 0 Å². The molecule has 0 spiro atoms. The van der Waals surface area contributed by atoms with Crippen LogP contribution >= 0.6 is 0 Å². The van der Waals surface area contributed by atoms with Crippen molar-refractivity contribution in [3.8, 4) is 78.4 Å². The van der Waals surface area contributed by atoms with E-state index >= 15 is 0 Å². The van der Waals surface area contributed by atoms with Gasteiger partial charge in [-0.05, 0) is 107 Å². The topological polar surface area (TPSA) is 51.6 Å². The molecule has 7 aromatic carbocycles. The molecule has 0 N–H and O–H groups in total. The van der Waals surface area contributed by atoms with E-state index in [1.807, 2.05) is 122 Å². The normalized spacial score (nSPS) is 10.1. The molecule has 11 rings (SSSR count). The molecule has 0 aliphatic carbocycles. The van der Waals surface area contributed by atoms with Gasteiger partial charge in [-0.1, -0.05) is 161 Å². The van der Waals surface area contributed by atoms with E-state index in [4.69, 9.17) is 0 Å². The van der Waals surface area contributed by atoms with E-state index < -0.39 is 0 Å². The number of rotatable bonds is 10. The second-order valence-corrected chi connectivity index (χ2v) is 19.2. The van der Waals surface area contributed by atoms with E-state index in [2.05, 4.69) is 202 Å². The maximum absolute atomic E-state index is 4.46. The van der Waals surface area contributed by atoms with E-state index in [1.165, 1.54) is 61.2 Å². The number of aryl methyl sites for hydroxylation is 3. The maximum Gasteiger partial charge on any atom is 0.0163 e. The molecule has 4 nitrogen and oxygen atoms in total. The summed E-state index contributed by atoms with van der Waals surface area (Å²) in [6.45, 7) is 15.4. The minimum absolute atomic E-state index is 0. The van der Waals surface area contributed by atoms with Gasteiger partial charge in [-0.15, -0.1) is 142 Å². The Hall–Kier alpha value is -6.26. The van der Waals surface area contributed by atoms with Gasteiger partial charge in [0, 0.05) is 105 Å². The Labute approximate surface area is 529 Å². The largest absolute Gasteiger partial charge is 0.305 e. The predicted molar refractivity (Wildman–Crippen MR) is 317 cm³/mol. The molecule has 0 fully saturated rings. The van der Waals surface area contributed by atoms with Crippen molar-refractivity contribution in [3.05, 3.63) is 289 Å². The molecule has 0 saturated heterocycles. The minimum atomic E-state index is 0. The fourth-order valence-corrected chi connectivity index (χ4v) is 8.62. The molecule has 80 heavy (non-hydrogen) atoms. The molecular formula is C72H64Ir4N4-4. The number of hydrogen-bond donors (Lipinski definition) is 0. The number of aromatic nitrogens is 4. The summed E-state index contributed by atoms with van der Waals surface area (Å²) < 4.78 is 0. The van der Waals surface area contributed by atoms with Gasteiger partial charge in [-0.3, -0.25) is 0 Å². The first-order valence-corrected chi connectivity index (χ1v) is 26.1. The first kappa shape index (κ1) is 66.3. The summed E-state index contributed by atoms with van der Waals surface area (Å²) in [6, 6.07) is 85.5. The molecular weight excluding hydrogens is 1690 g/mol. The summed E-state index contributed by atoms with van der Waals surface area (Å²) >= 11 is 0. The van der Waals surface area contributed by atoms with Crippen LogP contribution < -0.4 is 0 Å². The van der Waals surface area contributed by atoms with Gasteiger partial charge < -0.3 is 19.9 Å². The Bertz CT molecular complexity index is 3460. The molecule has 4 aromatic heterocycles. The first-order valence-electron chi connectivity index (χ1n) is 26.1. The van der Waals surface area contributed by atoms with Crippen molar-refractivity contribution in [2.45, 2.75) is 66.7 Å². The third kappa shape index (κ3) is 19.5. The standard InChI is InChI=1S/C23H24N.2C19H16N.C11H8N.4Ir/c1-16(2)20-13-21(17(3)4)15-22(14-20)18-8-7-9-19(12-18)23-10-5-6-11-24-23;1-14-10-15(2)12-18(11-14)16-6-5-7-17(13-16)19-8-3-4-9-20-19;1-2-15-11-12-20-19(13-15)18-10-6-9-17(14-18)16-7-4-3-5-8-16;1-2-6-10(7-3-1)11-8-4-5-9-12-11;;;;/h5-8,10-17H,1-4H3;3-6,8-13H,1-2H3;3-9,11-14H,2H2,1H3;1-6,8-9H;;;;/q4*-1;;;;. The van der Waals surface area contributed by atoms with Gasteiger partial charge >= 0.3 is 0 Å². The van der Waals surface area contributed by atoms with Gasteiger partial charge in [0.25, 0.3) is 0 Å². The van der Waals surface area contributed by atoms with Crippen LogP contribution in [0.3, 0.4) is 0 Å². The van der Waals surface area contributed by atoms with E-state index in [1.54, 1.807) is 6.20 Å². The molecule has 0 bridgehead atoms. The van der Waals surface area contributed by atoms with Crippen molar-refractivity contribution in [2.75, 3.05) is 0 Å². The van der Waals surface area contributed by atoms with E-state index in [0.717, 1.165) is 51.5 Å². The third-order valence-corrected chi connectivity index (χ3v) is 12.8. The summed E-state index contributed by atoms with van der Waals surface area (Å²) in [7, 11) is 0. The van der Waals surface area contributed by atoms with Gasteiger partial charge in [0.2, 0.25) is 0 Å². The summed E-state index contributed by atoms with van der Waals surface area (Å²) in [5, 5.41) is 0. The minimum Gasteiger partial charge on any atom is -0.305 e. The van der Waals surface area contributed by atoms with Crippen LogP contribution in [0.1, 0.15) is 74.3 Å². The van der Waals surface area contributed by atoms with Crippen molar-refractivity contribution in [2.24, 2.45) is 0 Å². The monoisotopic (exact) mass is 1760 g/mol. The number of hydrogen-bond acceptors (Lipinski definition) is 4. The van der Waals surface area contributed by atoms with E-state index in [-0.39, 0.29) is 80.4 Å². The molecule has 0 amide bonds. The van der Waals surface area contributed by atoms with Gasteiger partial charge in [0.15, 0.2) is 0 Å². The quantitative estimate of drug-likeness (QED) is 0.128.